The summed E-state index contributed by atoms with van der Waals surface area (Å²) in [6, 6.07) is 1.95. The molecule has 188 valence electrons. The van der Waals surface area contributed by atoms with E-state index in [0.29, 0.717) is 17.9 Å². The van der Waals surface area contributed by atoms with Crippen LogP contribution in [0.4, 0.5) is 0 Å². The number of nitrogens with zero attached hydrogens (tertiary/aromatic N) is 1. The lowest BCUT2D eigenvalue weighted by Gasteiger charge is -2.50. The zero-order valence-electron chi connectivity index (χ0n) is 20.3. The molecule has 0 bridgehead atoms. The number of unbranched alkanes of at least 4 members (excludes halogenated alkanes) is 1. The standard InChI is InChI=1S/C26H31NO8/c1-5-6-9-35-17-8-7-16(29)20-14(17)10-13-11-15-21(27(3)4)23(31)18(12(2)28)24(32)26(15,34)25(33)19(13)22(20)30/h7-8,13,15,21,29-30,32,34H,5-6,9-11H2,1-4H3/t13-,15-,21-,26+/m0/s1. The number of Topliss-reactive ketones (excluding diaryl/α,β-unsaturated/α-hetero) is 3. The molecule has 0 unspecified atom stereocenters. The van der Waals surface area contributed by atoms with Crippen LogP contribution in [0, 0.1) is 11.8 Å². The fourth-order valence-corrected chi connectivity index (χ4v) is 5.78. The zero-order chi connectivity index (χ0) is 25.8. The number of likely N-dealkylation sites (N-methyl/N-ethyl adjacent to an activating group) is 1. The van der Waals surface area contributed by atoms with Crippen LogP contribution in [-0.2, 0) is 20.8 Å². The summed E-state index contributed by atoms with van der Waals surface area (Å²) in [6.07, 6.45) is 2.04. The smallest absolute Gasteiger partial charge is 0.202 e. The van der Waals surface area contributed by atoms with E-state index in [1.54, 1.807) is 20.2 Å². The second-order valence-corrected chi connectivity index (χ2v) is 9.79. The van der Waals surface area contributed by atoms with E-state index in [4.69, 9.17) is 4.74 Å². The van der Waals surface area contributed by atoms with E-state index in [0.717, 1.165) is 19.8 Å². The van der Waals surface area contributed by atoms with Gasteiger partial charge in [0.05, 0.1) is 18.2 Å². The minimum absolute atomic E-state index is 0.0481. The fourth-order valence-electron chi connectivity index (χ4n) is 5.78. The molecule has 1 fully saturated rings. The number of carbonyl (C=O) groups excluding carboxylic acids is 3. The van der Waals surface area contributed by atoms with Gasteiger partial charge in [-0.2, -0.15) is 0 Å². The first kappa shape index (κ1) is 24.9. The molecular formula is C26H31NO8. The molecule has 9 nitrogen and oxygen atoms in total. The second kappa shape index (κ2) is 8.80. The summed E-state index contributed by atoms with van der Waals surface area (Å²) in [5.41, 5.74) is -2.73. The number of aliphatic hydroxyl groups is 3. The number of aromatic hydroxyl groups is 1. The van der Waals surface area contributed by atoms with Gasteiger partial charge in [-0.05, 0) is 58.3 Å². The van der Waals surface area contributed by atoms with Gasteiger partial charge < -0.3 is 25.2 Å². The summed E-state index contributed by atoms with van der Waals surface area (Å²) >= 11 is 0. The van der Waals surface area contributed by atoms with Crippen LogP contribution < -0.4 is 4.74 Å². The van der Waals surface area contributed by atoms with Crippen molar-refractivity contribution in [3.05, 3.63) is 40.2 Å². The Bertz CT molecular complexity index is 1180. The molecule has 1 aromatic carbocycles. The molecule has 4 atom stereocenters. The van der Waals surface area contributed by atoms with Crippen molar-refractivity contribution < 1.29 is 39.5 Å². The van der Waals surface area contributed by atoms with Crippen LogP contribution in [0.5, 0.6) is 11.5 Å². The highest BCUT2D eigenvalue weighted by atomic mass is 16.5. The molecule has 0 saturated heterocycles. The van der Waals surface area contributed by atoms with Gasteiger partial charge in [-0.25, -0.2) is 0 Å². The Morgan fingerprint density at radius 2 is 1.89 bits per heavy atom. The van der Waals surface area contributed by atoms with Gasteiger partial charge in [0.1, 0.15) is 28.6 Å². The number of ether oxygens (including phenoxy) is 1. The summed E-state index contributed by atoms with van der Waals surface area (Å²) in [4.78, 5) is 40.7. The SMILES string of the molecule is CCCCOc1ccc(O)c2c1C[C@H]1C[C@H]3[C@H](N(C)C)C(=O)C(C(C)=O)=C(O)[C@@]3(O)C(=O)C1=C2O. The molecule has 0 radical (unpaired) electrons. The molecule has 1 saturated carbocycles. The molecule has 4 N–H and O–H groups in total. The molecule has 4 rings (SSSR count). The van der Waals surface area contributed by atoms with E-state index in [2.05, 4.69) is 0 Å². The normalized spacial score (nSPS) is 28.1. The Hall–Kier alpha value is -3.17. The van der Waals surface area contributed by atoms with Gasteiger partial charge >= 0.3 is 0 Å². The summed E-state index contributed by atoms with van der Waals surface area (Å²) in [6.45, 7) is 3.56. The maximum Gasteiger partial charge on any atom is 0.202 e. The molecule has 1 aromatic rings. The lowest BCUT2D eigenvalue weighted by Crippen LogP contribution is -2.65. The molecule has 0 aliphatic heterocycles. The third kappa shape index (κ3) is 3.56. The Kier molecular flexibility index (Phi) is 6.27. The minimum atomic E-state index is -2.56. The molecule has 0 heterocycles. The molecule has 0 spiro atoms. The number of carbonyl (C=O) groups is 3. The molecule has 3 aliphatic carbocycles. The van der Waals surface area contributed by atoms with E-state index >= 15 is 0 Å². The topological polar surface area (TPSA) is 145 Å². The van der Waals surface area contributed by atoms with Crippen LogP contribution >= 0.6 is 0 Å². The second-order valence-electron chi connectivity index (χ2n) is 9.79. The highest BCUT2D eigenvalue weighted by Gasteiger charge is 2.64. The Balaban J connectivity index is 1.91. The van der Waals surface area contributed by atoms with Gasteiger partial charge in [-0.1, -0.05) is 13.3 Å². The number of phenolic OH excluding ortho intramolecular Hbond substituents is 1. The largest absolute Gasteiger partial charge is 0.508 e. The van der Waals surface area contributed by atoms with Gasteiger partial charge in [0.15, 0.2) is 17.2 Å². The quantitative estimate of drug-likeness (QED) is 0.352. The van der Waals surface area contributed by atoms with Gasteiger partial charge in [-0.15, -0.1) is 0 Å². The maximum absolute atomic E-state index is 13.8. The Labute approximate surface area is 203 Å². The number of benzene rings is 1. The number of aliphatic hydroxyl groups excluding tert-OH is 2. The van der Waals surface area contributed by atoms with Gasteiger partial charge in [-0.3, -0.25) is 19.3 Å². The van der Waals surface area contributed by atoms with E-state index in [1.807, 2.05) is 6.92 Å². The first-order valence-corrected chi connectivity index (χ1v) is 11.8. The number of rotatable bonds is 6. The Morgan fingerprint density at radius 3 is 2.49 bits per heavy atom. The number of fused-ring (bicyclic) bond motifs is 3. The predicted molar refractivity (Wildman–Crippen MR) is 126 cm³/mol. The lowest BCUT2D eigenvalue weighted by molar-refractivity contribution is -0.153. The van der Waals surface area contributed by atoms with Crippen molar-refractivity contribution in [3.8, 4) is 11.5 Å². The van der Waals surface area contributed by atoms with Crippen molar-refractivity contribution in [2.24, 2.45) is 11.8 Å². The highest BCUT2D eigenvalue weighted by Crippen LogP contribution is 2.53. The number of hydrogen-bond acceptors (Lipinski definition) is 9. The maximum atomic E-state index is 13.8. The van der Waals surface area contributed by atoms with Gasteiger partial charge in [0.2, 0.25) is 5.78 Å². The van der Waals surface area contributed by atoms with Crippen LogP contribution in [0.15, 0.2) is 29.0 Å². The molecular weight excluding hydrogens is 454 g/mol. The van der Waals surface area contributed by atoms with Crippen molar-refractivity contribution in [2.45, 2.75) is 51.2 Å². The third-order valence-electron chi connectivity index (χ3n) is 7.42. The fraction of sp³-hybridized carbons (Fsp3) is 0.500. The first-order valence-electron chi connectivity index (χ1n) is 11.8. The predicted octanol–water partition coefficient (Wildman–Crippen LogP) is 2.25. The number of ketones is 3. The lowest BCUT2D eigenvalue weighted by atomic mass is 9.57. The van der Waals surface area contributed by atoms with Crippen LogP contribution in [0.25, 0.3) is 5.76 Å². The average molecular weight is 486 g/mol. The molecule has 3 aliphatic rings. The average Bonchev–Trinajstić information content (AvgIpc) is 2.77. The van der Waals surface area contributed by atoms with Gasteiger partial charge in [0.25, 0.3) is 0 Å². The highest BCUT2D eigenvalue weighted by molar-refractivity contribution is 6.25. The monoisotopic (exact) mass is 485 g/mol. The van der Waals surface area contributed by atoms with Gasteiger partial charge in [0, 0.05) is 17.1 Å². The van der Waals surface area contributed by atoms with E-state index < -0.39 is 57.9 Å². The number of phenols is 1. The first-order chi connectivity index (χ1) is 16.5. The molecule has 35 heavy (non-hydrogen) atoms. The summed E-state index contributed by atoms with van der Waals surface area (Å²) < 4.78 is 5.89. The summed E-state index contributed by atoms with van der Waals surface area (Å²) in [7, 11) is 3.20. The summed E-state index contributed by atoms with van der Waals surface area (Å²) in [5, 5.41) is 44.3. The van der Waals surface area contributed by atoms with Crippen molar-refractivity contribution in [2.75, 3.05) is 20.7 Å². The van der Waals surface area contributed by atoms with E-state index in [-0.39, 0.29) is 29.7 Å². The number of hydrogen-bond donors (Lipinski definition) is 4. The van der Waals surface area contributed by atoms with Crippen molar-refractivity contribution in [1.29, 1.82) is 0 Å². The minimum Gasteiger partial charge on any atom is -0.508 e. The van der Waals surface area contributed by atoms with Crippen LogP contribution in [0.3, 0.4) is 0 Å². The van der Waals surface area contributed by atoms with E-state index in [9.17, 15) is 34.8 Å². The Morgan fingerprint density at radius 1 is 1.20 bits per heavy atom. The van der Waals surface area contributed by atoms with Crippen LogP contribution in [0.1, 0.15) is 44.2 Å². The molecule has 9 heteroatoms. The van der Waals surface area contributed by atoms with Crippen molar-refractivity contribution in [3.63, 3.8) is 0 Å². The van der Waals surface area contributed by atoms with E-state index in [1.165, 1.54) is 11.0 Å². The molecule has 0 aromatic heterocycles. The molecule has 0 amide bonds. The zero-order valence-corrected chi connectivity index (χ0v) is 20.3. The third-order valence-corrected chi connectivity index (χ3v) is 7.42. The van der Waals surface area contributed by atoms with Crippen LogP contribution in [0.2, 0.25) is 0 Å². The van der Waals surface area contributed by atoms with Crippen LogP contribution in [-0.4, -0.2) is 75.0 Å². The van der Waals surface area contributed by atoms with Crippen molar-refractivity contribution in [1.82, 2.24) is 4.90 Å². The van der Waals surface area contributed by atoms with Crippen molar-refractivity contribution >= 4 is 23.1 Å². The summed E-state index contributed by atoms with van der Waals surface area (Å²) in [5.74, 6) is -5.29.